The Morgan fingerprint density at radius 2 is 2.00 bits per heavy atom. The second-order valence-electron chi connectivity index (χ2n) is 3.61. The van der Waals surface area contributed by atoms with Crippen LogP contribution < -0.4 is 5.32 Å². The SMILES string of the molecule is CNC(c1ccc(Cl)s1)c1ccccc1SC. The fourth-order valence-electron chi connectivity index (χ4n) is 1.84. The van der Waals surface area contributed by atoms with Crippen LogP contribution in [0.25, 0.3) is 0 Å². The molecule has 0 radical (unpaired) electrons. The number of benzene rings is 1. The highest BCUT2D eigenvalue weighted by Crippen LogP contribution is 2.34. The Morgan fingerprint density at radius 1 is 1.24 bits per heavy atom. The molecular weight excluding hydrogens is 270 g/mol. The van der Waals surface area contributed by atoms with Gasteiger partial charge in [0.1, 0.15) is 0 Å². The molecule has 90 valence electrons. The largest absolute Gasteiger partial charge is 0.309 e. The predicted octanol–water partition coefficient (Wildman–Crippen LogP) is 4.43. The fourth-order valence-corrected chi connectivity index (χ4v) is 3.67. The van der Waals surface area contributed by atoms with Crippen LogP contribution in [0, 0.1) is 0 Å². The van der Waals surface area contributed by atoms with Gasteiger partial charge in [-0.3, -0.25) is 0 Å². The summed E-state index contributed by atoms with van der Waals surface area (Å²) in [7, 11) is 1.98. The van der Waals surface area contributed by atoms with E-state index in [1.807, 2.05) is 13.1 Å². The minimum atomic E-state index is 0.219. The van der Waals surface area contributed by atoms with Gasteiger partial charge in [-0.15, -0.1) is 23.1 Å². The van der Waals surface area contributed by atoms with Crippen molar-refractivity contribution in [2.75, 3.05) is 13.3 Å². The van der Waals surface area contributed by atoms with Gasteiger partial charge in [0.15, 0.2) is 0 Å². The highest BCUT2D eigenvalue weighted by molar-refractivity contribution is 7.98. The molecule has 1 aromatic heterocycles. The molecule has 0 bridgehead atoms. The minimum Gasteiger partial charge on any atom is -0.309 e. The summed E-state index contributed by atoms with van der Waals surface area (Å²) < 4.78 is 0.835. The second kappa shape index (κ2) is 5.91. The van der Waals surface area contributed by atoms with Gasteiger partial charge in [-0.05, 0) is 37.1 Å². The van der Waals surface area contributed by atoms with E-state index in [9.17, 15) is 0 Å². The molecule has 0 aliphatic heterocycles. The van der Waals surface area contributed by atoms with E-state index < -0.39 is 0 Å². The molecule has 1 aromatic carbocycles. The van der Waals surface area contributed by atoms with Crippen molar-refractivity contribution < 1.29 is 0 Å². The Bertz CT molecular complexity index is 496. The van der Waals surface area contributed by atoms with Gasteiger partial charge in [-0.2, -0.15) is 0 Å². The van der Waals surface area contributed by atoms with Crippen LogP contribution in [0.3, 0.4) is 0 Å². The Morgan fingerprint density at radius 3 is 2.59 bits per heavy atom. The maximum atomic E-state index is 6.01. The zero-order valence-corrected chi connectivity index (χ0v) is 12.1. The molecule has 2 aromatic rings. The number of hydrogen-bond acceptors (Lipinski definition) is 3. The molecule has 4 heteroatoms. The third-order valence-electron chi connectivity index (χ3n) is 2.62. The van der Waals surface area contributed by atoms with Crippen LogP contribution in [0.5, 0.6) is 0 Å². The number of thiophene rings is 1. The Labute approximate surface area is 115 Å². The monoisotopic (exact) mass is 283 g/mol. The number of nitrogens with one attached hydrogen (secondary N) is 1. The van der Waals surface area contributed by atoms with E-state index in [4.69, 9.17) is 11.6 Å². The zero-order valence-electron chi connectivity index (χ0n) is 9.74. The summed E-state index contributed by atoms with van der Waals surface area (Å²) in [6, 6.07) is 12.7. The summed E-state index contributed by atoms with van der Waals surface area (Å²) in [5.74, 6) is 0. The van der Waals surface area contributed by atoms with Crippen molar-refractivity contribution >= 4 is 34.7 Å². The smallest absolute Gasteiger partial charge is 0.0931 e. The van der Waals surface area contributed by atoms with Crippen molar-refractivity contribution in [1.29, 1.82) is 0 Å². The highest BCUT2D eigenvalue weighted by atomic mass is 35.5. The molecule has 0 aliphatic rings. The number of halogens is 1. The molecule has 1 unspecified atom stereocenters. The van der Waals surface area contributed by atoms with Crippen LogP contribution in [0.15, 0.2) is 41.3 Å². The van der Waals surface area contributed by atoms with Crippen LogP contribution in [-0.4, -0.2) is 13.3 Å². The normalized spacial score (nSPS) is 12.6. The van der Waals surface area contributed by atoms with Gasteiger partial charge in [-0.1, -0.05) is 29.8 Å². The van der Waals surface area contributed by atoms with E-state index in [2.05, 4.69) is 41.9 Å². The first kappa shape index (κ1) is 13.0. The van der Waals surface area contributed by atoms with Crippen molar-refractivity contribution in [3.05, 3.63) is 51.2 Å². The lowest BCUT2D eigenvalue weighted by atomic mass is 10.1. The summed E-state index contributed by atoms with van der Waals surface area (Å²) in [5, 5.41) is 3.36. The quantitative estimate of drug-likeness (QED) is 0.833. The van der Waals surface area contributed by atoms with Gasteiger partial charge in [0, 0.05) is 9.77 Å². The first-order valence-corrected chi connectivity index (χ1v) is 7.73. The van der Waals surface area contributed by atoms with E-state index in [0.29, 0.717) is 0 Å². The summed E-state index contributed by atoms with van der Waals surface area (Å²) in [6.07, 6.45) is 2.10. The minimum absolute atomic E-state index is 0.219. The van der Waals surface area contributed by atoms with Crippen LogP contribution in [-0.2, 0) is 0 Å². The average Bonchev–Trinajstić information content (AvgIpc) is 2.77. The Kier molecular flexibility index (Phi) is 4.51. The van der Waals surface area contributed by atoms with Crippen LogP contribution in [0.2, 0.25) is 4.34 Å². The van der Waals surface area contributed by atoms with E-state index in [-0.39, 0.29) is 6.04 Å². The zero-order chi connectivity index (χ0) is 12.3. The lowest BCUT2D eigenvalue weighted by molar-refractivity contribution is 0.692. The first-order chi connectivity index (χ1) is 8.26. The maximum Gasteiger partial charge on any atom is 0.0931 e. The standard InChI is InChI=1S/C13H14ClNS2/c1-15-13(11-7-8-12(14)17-11)9-5-3-4-6-10(9)16-2/h3-8,13,15H,1-2H3. The van der Waals surface area contributed by atoms with Gasteiger partial charge < -0.3 is 5.32 Å². The molecule has 0 aliphatic carbocycles. The van der Waals surface area contributed by atoms with Gasteiger partial charge in [-0.25, -0.2) is 0 Å². The lowest BCUT2D eigenvalue weighted by Gasteiger charge is -2.17. The van der Waals surface area contributed by atoms with Gasteiger partial charge in [0.2, 0.25) is 0 Å². The lowest BCUT2D eigenvalue weighted by Crippen LogP contribution is -2.17. The Hall–Kier alpha value is -0.480. The summed E-state index contributed by atoms with van der Waals surface area (Å²) in [6.45, 7) is 0. The number of thioether (sulfide) groups is 1. The van der Waals surface area contributed by atoms with Crippen molar-refractivity contribution in [3.63, 3.8) is 0 Å². The third-order valence-corrected chi connectivity index (χ3v) is 4.72. The molecular formula is C13H14ClNS2. The molecule has 1 nitrogen and oxygen atoms in total. The topological polar surface area (TPSA) is 12.0 Å². The molecule has 0 amide bonds. The van der Waals surface area contributed by atoms with Crippen molar-refractivity contribution in [2.45, 2.75) is 10.9 Å². The molecule has 1 heterocycles. The number of hydrogen-bond donors (Lipinski definition) is 1. The van der Waals surface area contributed by atoms with Crippen molar-refractivity contribution in [3.8, 4) is 0 Å². The van der Waals surface area contributed by atoms with E-state index in [0.717, 1.165) is 4.34 Å². The molecule has 0 spiro atoms. The van der Waals surface area contributed by atoms with Crippen molar-refractivity contribution in [1.82, 2.24) is 5.32 Å². The van der Waals surface area contributed by atoms with Gasteiger partial charge in [0.25, 0.3) is 0 Å². The maximum absolute atomic E-state index is 6.01. The summed E-state index contributed by atoms with van der Waals surface area (Å²) in [5.41, 5.74) is 1.31. The van der Waals surface area contributed by atoms with Crippen LogP contribution in [0.4, 0.5) is 0 Å². The molecule has 1 N–H and O–H groups in total. The van der Waals surface area contributed by atoms with Crippen LogP contribution in [0.1, 0.15) is 16.5 Å². The van der Waals surface area contributed by atoms with E-state index in [1.165, 1.54) is 15.3 Å². The molecule has 1 atom stereocenters. The predicted molar refractivity (Wildman–Crippen MR) is 78.5 cm³/mol. The Balaban J connectivity index is 2.41. The molecule has 2 rings (SSSR count). The van der Waals surface area contributed by atoms with Gasteiger partial charge in [0.05, 0.1) is 10.4 Å². The number of rotatable bonds is 4. The van der Waals surface area contributed by atoms with Crippen LogP contribution >= 0.6 is 34.7 Å². The summed E-state index contributed by atoms with van der Waals surface area (Å²) >= 11 is 9.41. The van der Waals surface area contributed by atoms with Gasteiger partial charge >= 0.3 is 0 Å². The molecule has 0 fully saturated rings. The fraction of sp³-hybridized carbons (Fsp3) is 0.231. The van der Waals surface area contributed by atoms with E-state index >= 15 is 0 Å². The summed E-state index contributed by atoms with van der Waals surface area (Å²) in [4.78, 5) is 2.55. The van der Waals surface area contributed by atoms with Crippen molar-refractivity contribution in [2.24, 2.45) is 0 Å². The average molecular weight is 284 g/mol. The molecule has 17 heavy (non-hydrogen) atoms. The molecule has 0 saturated heterocycles. The first-order valence-electron chi connectivity index (χ1n) is 5.31. The van der Waals surface area contributed by atoms with E-state index in [1.54, 1.807) is 23.1 Å². The highest BCUT2D eigenvalue weighted by Gasteiger charge is 2.16. The second-order valence-corrected chi connectivity index (χ2v) is 6.20. The molecule has 0 saturated carbocycles. The third kappa shape index (κ3) is 2.86.